The lowest BCUT2D eigenvalue weighted by Gasteiger charge is -2.31. The van der Waals surface area contributed by atoms with Crippen molar-refractivity contribution in [3.8, 4) is 5.69 Å². The normalized spacial score (nSPS) is 14.8. The molecule has 0 saturated carbocycles. The van der Waals surface area contributed by atoms with Gasteiger partial charge in [-0.15, -0.1) is 0 Å². The zero-order valence-electron chi connectivity index (χ0n) is 19.7. The van der Waals surface area contributed by atoms with Gasteiger partial charge in [0.05, 0.1) is 12.1 Å². The van der Waals surface area contributed by atoms with E-state index in [1.54, 1.807) is 12.4 Å². The average molecular weight is 470 g/mol. The number of amides is 2. The van der Waals surface area contributed by atoms with Gasteiger partial charge < -0.3 is 25.2 Å². The summed E-state index contributed by atoms with van der Waals surface area (Å²) in [7, 11) is 0. The van der Waals surface area contributed by atoms with E-state index < -0.39 is 0 Å². The minimum atomic E-state index is -0.247. The number of aliphatic hydroxyl groups excluding tert-OH is 1. The van der Waals surface area contributed by atoms with Gasteiger partial charge in [0.1, 0.15) is 0 Å². The summed E-state index contributed by atoms with van der Waals surface area (Å²) >= 11 is 0. The van der Waals surface area contributed by atoms with Crippen molar-refractivity contribution in [1.29, 1.82) is 0 Å². The van der Waals surface area contributed by atoms with Crippen LogP contribution in [0.3, 0.4) is 0 Å². The Bertz CT molecular complexity index is 1260. The summed E-state index contributed by atoms with van der Waals surface area (Å²) in [5.74, 6) is 0.514. The molecule has 1 saturated heterocycles. The van der Waals surface area contributed by atoms with Crippen molar-refractivity contribution in [2.75, 3.05) is 31.6 Å². The fourth-order valence-electron chi connectivity index (χ4n) is 4.92. The molecule has 0 bridgehead atoms. The molecule has 0 radical (unpaired) electrons. The standard InChI is InChI=1S/C28H31N5O2/c34-17-16-32-14-11-22(12-15-32)26-20-33(27-6-2-1-5-25(26)27)24-9-7-23(8-10-24)31-28(35)30-19-21-4-3-13-29-18-21/h1-10,13,18,20,22,34H,11-12,14-17,19H2,(H2,30,31,35). The molecule has 1 fully saturated rings. The quantitative estimate of drug-likeness (QED) is 0.372. The van der Waals surface area contributed by atoms with Crippen LogP contribution in [0.4, 0.5) is 10.5 Å². The number of aromatic nitrogens is 2. The van der Waals surface area contributed by atoms with Crippen molar-refractivity contribution in [1.82, 2.24) is 19.8 Å². The summed E-state index contributed by atoms with van der Waals surface area (Å²) in [4.78, 5) is 18.7. The largest absolute Gasteiger partial charge is 0.395 e. The van der Waals surface area contributed by atoms with Crippen LogP contribution >= 0.6 is 0 Å². The number of β-amino-alcohol motifs (C(OH)–C–C–N with tert-alkyl or cyclic N) is 1. The Balaban J connectivity index is 1.29. The Kier molecular flexibility index (Phi) is 7.07. The van der Waals surface area contributed by atoms with E-state index in [1.807, 2.05) is 36.4 Å². The highest BCUT2D eigenvalue weighted by Crippen LogP contribution is 2.35. The van der Waals surface area contributed by atoms with E-state index >= 15 is 0 Å². The van der Waals surface area contributed by atoms with E-state index in [2.05, 4.69) is 55.5 Å². The van der Waals surface area contributed by atoms with E-state index in [4.69, 9.17) is 0 Å². The molecule has 0 atom stereocenters. The molecule has 0 aliphatic carbocycles. The SMILES string of the molecule is O=C(NCc1cccnc1)Nc1ccc(-n2cc(C3CCN(CCO)CC3)c3ccccc32)cc1. The first-order valence-corrected chi connectivity index (χ1v) is 12.2. The number of para-hydroxylation sites is 1. The van der Waals surface area contributed by atoms with Gasteiger partial charge in [-0.05, 0) is 79.4 Å². The maximum absolute atomic E-state index is 12.3. The van der Waals surface area contributed by atoms with Gasteiger partial charge >= 0.3 is 6.03 Å². The van der Waals surface area contributed by atoms with Gasteiger partial charge in [-0.25, -0.2) is 4.79 Å². The number of hydrogen-bond donors (Lipinski definition) is 3. The second kappa shape index (κ2) is 10.7. The third-order valence-electron chi connectivity index (χ3n) is 6.77. The third kappa shape index (κ3) is 5.37. The Morgan fingerprint density at radius 3 is 2.57 bits per heavy atom. The van der Waals surface area contributed by atoms with Crippen molar-refractivity contribution in [3.05, 3.63) is 90.4 Å². The van der Waals surface area contributed by atoms with Crippen molar-refractivity contribution in [3.63, 3.8) is 0 Å². The molecule has 2 aromatic carbocycles. The number of piperidine rings is 1. The number of anilines is 1. The number of carbonyl (C=O) groups excluding carboxylic acids is 1. The second-order valence-electron chi connectivity index (χ2n) is 9.03. The van der Waals surface area contributed by atoms with Gasteiger partial charge in [0.15, 0.2) is 0 Å². The van der Waals surface area contributed by atoms with Gasteiger partial charge in [-0.1, -0.05) is 24.3 Å². The molecule has 0 spiro atoms. The molecular weight excluding hydrogens is 438 g/mol. The topological polar surface area (TPSA) is 82.4 Å². The predicted molar refractivity (Wildman–Crippen MR) is 139 cm³/mol. The van der Waals surface area contributed by atoms with Crippen LogP contribution in [0.25, 0.3) is 16.6 Å². The average Bonchev–Trinajstić information content (AvgIpc) is 3.29. The van der Waals surface area contributed by atoms with Crippen molar-refractivity contribution in [2.45, 2.75) is 25.3 Å². The zero-order valence-corrected chi connectivity index (χ0v) is 19.7. The third-order valence-corrected chi connectivity index (χ3v) is 6.77. The minimum absolute atomic E-state index is 0.223. The van der Waals surface area contributed by atoms with Crippen LogP contribution in [-0.4, -0.2) is 51.8 Å². The molecule has 180 valence electrons. The van der Waals surface area contributed by atoms with E-state index in [9.17, 15) is 9.90 Å². The Labute approximate surface area is 205 Å². The Morgan fingerprint density at radius 1 is 1.03 bits per heavy atom. The molecule has 35 heavy (non-hydrogen) atoms. The smallest absolute Gasteiger partial charge is 0.319 e. The fraction of sp³-hybridized carbons (Fsp3) is 0.286. The number of nitrogens with one attached hydrogen (secondary N) is 2. The Hall–Kier alpha value is -3.68. The fourth-order valence-corrected chi connectivity index (χ4v) is 4.92. The van der Waals surface area contributed by atoms with Crippen LogP contribution < -0.4 is 10.6 Å². The highest BCUT2D eigenvalue weighted by atomic mass is 16.3. The maximum Gasteiger partial charge on any atom is 0.319 e. The van der Waals surface area contributed by atoms with Crippen LogP contribution in [0.1, 0.15) is 29.9 Å². The van der Waals surface area contributed by atoms with E-state index in [0.717, 1.165) is 49.4 Å². The summed E-state index contributed by atoms with van der Waals surface area (Å²) < 4.78 is 2.25. The molecule has 7 nitrogen and oxygen atoms in total. The van der Waals surface area contributed by atoms with Crippen LogP contribution in [0.5, 0.6) is 0 Å². The van der Waals surface area contributed by atoms with Crippen LogP contribution in [-0.2, 0) is 6.54 Å². The van der Waals surface area contributed by atoms with Gasteiger partial charge in [0.25, 0.3) is 0 Å². The number of nitrogens with zero attached hydrogens (tertiary/aromatic N) is 3. The predicted octanol–water partition coefficient (Wildman–Crippen LogP) is 4.52. The number of rotatable bonds is 7. The second-order valence-corrected chi connectivity index (χ2v) is 9.03. The van der Waals surface area contributed by atoms with Crippen molar-refractivity contribution < 1.29 is 9.90 Å². The van der Waals surface area contributed by atoms with Crippen LogP contribution in [0.15, 0.2) is 79.3 Å². The van der Waals surface area contributed by atoms with Crippen molar-refractivity contribution >= 4 is 22.6 Å². The number of carbonyl (C=O) groups is 1. The zero-order chi connectivity index (χ0) is 24.0. The minimum Gasteiger partial charge on any atom is -0.395 e. The molecule has 1 aliphatic rings. The number of aliphatic hydroxyl groups is 1. The molecule has 5 rings (SSSR count). The summed E-state index contributed by atoms with van der Waals surface area (Å²) in [6.07, 6.45) is 7.93. The molecule has 1 aliphatic heterocycles. The first-order valence-electron chi connectivity index (χ1n) is 12.2. The number of urea groups is 1. The number of likely N-dealkylation sites (tertiary alicyclic amines) is 1. The van der Waals surface area contributed by atoms with Crippen LogP contribution in [0.2, 0.25) is 0 Å². The summed E-state index contributed by atoms with van der Waals surface area (Å²) in [5, 5.41) is 16.3. The van der Waals surface area contributed by atoms with E-state index in [1.165, 1.54) is 16.5 Å². The first-order chi connectivity index (χ1) is 17.2. The van der Waals surface area contributed by atoms with Gasteiger partial charge in [-0.3, -0.25) is 4.98 Å². The number of benzene rings is 2. The number of hydrogen-bond acceptors (Lipinski definition) is 4. The van der Waals surface area contributed by atoms with Crippen molar-refractivity contribution in [2.24, 2.45) is 0 Å². The molecule has 7 heteroatoms. The lowest BCUT2D eigenvalue weighted by molar-refractivity contribution is 0.164. The van der Waals surface area contributed by atoms with E-state index in [-0.39, 0.29) is 12.6 Å². The number of pyridine rings is 1. The Morgan fingerprint density at radius 2 is 1.83 bits per heavy atom. The molecule has 2 amide bonds. The first kappa shape index (κ1) is 23.1. The molecule has 3 heterocycles. The summed E-state index contributed by atoms with van der Waals surface area (Å²) in [6, 6.07) is 20.0. The summed E-state index contributed by atoms with van der Waals surface area (Å²) in [5.41, 5.74) is 5.33. The van der Waals surface area contributed by atoms with Gasteiger partial charge in [-0.2, -0.15) is 0 Å². The monoisotopic (exact) mass is 469 g/mol. The molecule has 0 unspecified atom stereocenters. The molecular formula is C28H31N5O2. The van der Waals surface area contributed by atoms with Crippen LogP contribution in [0, 0.1) is 0 Å². The summed E-state index contributed by atoms with van der Waals surface area (Å²) in [6.45, 7) is 3.45. The van der Waals surface area contributed by atoms with Gasteiger partial charge in [0, 0.05) is 48.4 Å². The molecule has 4 aromatic rings. The highest BCUT2D eigenvalue weighted by Gasteiger charge is 2.23. The molecule has 3 N–H and O–H groups in total. The number of fused-ring (bicyclic) bond motifs is 1. The maximum atomic E-state index is 12.3. The van der Waals surface area contributed by atoms with E-state index in [0.29, 0.717) is 12.5 Å². The van der Waals surface area contributed by atoms with Gasteiger partial charge in [0.2, 0.25) is 0 Å². The molecule has 2 aromatic heterocycles. The highest BCUT2D eigenvalue weighted by molar-refractivity contribution is 5.89. The lowest BCUT2D eigenvalue weighted by atomic mass is 9.89. The lowest BCUT2D eigenvalue weighted by Crippen LogP contribution is -2.34.